The molecule has 5 rings (SSSR count). The lowest BCUT2D eigenvalue weighted by Crippen LogP contribution is -2.44. The molecule has 9 heteroatoms. The average Bonchev–Trinajstić information content (AvgIpc) is 3.54. The molecule has 0 saturated carbocycles. The third kappa shape index (κ3) is 5.39. The van der Waals surface area contributed by atoms with Crippen LogP contribution in [0.3, 0.4) is 0 Å². The molecule has 2 atom stereocenters. The summed E-state index contributed by atoms with van der Waals surface area (Å²) in [6.07, 6.45) is 0.807. The molecule has 0 fully saturated rings. The summed E-state index contributed by atoms with van der Waals surface area (Å²) in [5.74, 6) is 0.516. The summed E-state index contributed by atoms with van der Waals surface area (Å²) in [7, 11) is 0. The van der Waals surface area contributed by atoms with Crippen molar-refractivity contribution >= 4 is 52.3 Å². The number of nitrogens with one attached hydrogen (secondary N) is 1. The van der Waals surface area contributed by atoms with E-state index in [1.54, 1.807) is 16.2 Å². The van der Waals surface area contributed by atoms with Gasteiger partial charge in [0, 0.05) is 16.6 Å². The van der Waals surface area contributed by atoms with Crippen LogP contribution < -0.4 is 10.2 Å². The summed E-state index contributed by atoms with van der Waals surface area (Å²) in [4.78, 5) is 29.4. The molecule has 1 aliphatic rings. The van der Waals surface area contributed by atoms with E-state index in [2.05, 4.69) is 5.32 Å². The Hall–Kier alpha value is -3.07. The number of anilines is 1. The van der Waals surface area contributed by atoms with Crippen molar-refractivity contribution in [3.63, 3.8) is 0 Å². The molecule has 2 amide bonds. The van der Waals surface area contributed by atoms with Gasteiger partial charge >= 0.3 is 0 Å². The number of hydrogen-bond donors (Lipinski definition) is 1. The predicted molar refractivity (Wildman–Crippen MR) is 158 cm³/mol. The Morgan fingerprint density at radius 1 is 1.18 bits per heavy atom. The number of hydrogen-bond acceptors (Lipinski definition) is 5. The fraction of sp³-hybridized carbons (Fsp3) is 0.276. The zero-order valence-corrected chi connectivity index (χ0v) is 23.9. The first-order valence-corrected chi connectivity index (χ1v) is 14.9. The van der Waals surface area contributed by atoms with Crippen LogP contribution in [-0.2, 0) is 9.59 Å². The van der Waals surface area contributed by atoms with E-state index in [1.807, 2.05) is 91.5 Å². The summed E-state index contributed by atoms with van der Waals surface area (Å²) in [5, 5.41) is 10.6. The monoisotopic (exact) mass is 564 g/mol. The van der Waals surface area contributed by atoms with Gasteiger partial charge in [-0.1, -0.05) is 54.4 Å². The zero-order chi connectivity index (χ0) is 26.8. The predicted octanol–water partition coefficient (Wildman–Crippen LogP) is 6.65. The molecule has 1 aliphatic heterocycles. The molecule has 0 spiro atoms. The molecule has 0 saturated heterocycles. The van der Waals surface area contributed by atoms with E-state index >= 15 is 0 Å². The summed E-state index contributed by atoms with van der Waals surface area (Å²) in [6.45, 7) is 5.93. The van der Waals surface area contributed by atoms with Crippen LogP contribution in [0.25, 0.3) is 16.3 Å². The van der Waals surface area contributed by atoms with E-state index in [0.29, 0.717) is 10.8 Å². The number of nitrogens with zero attached hydrogens (tertiary/aromatic N) is 3. The molecule has 4 aromatic rings. The fourth-order valence-electron chi connectivity index (χ4n) is 4.48. The second kappa shape index (κ2) is 11.4. The summed E-state index contributed by atoms with van der Waals surface area (Å²) < 4.78 is 1.82. The highest BCUT2D eigenvalue weighted by atomic mass is 35.5. The lowest BCUT2D eigenvalue weighted by molar-refractivity contribution is -0.123. The highest BCUT2D eigenvalue weighted by Gasteiger charge is 2.38. The van der Waals surface area contributed by atoms with Crippen molar-refractivity contribution < 1.29 is 9.59 Å². The second-order valence-corrected chi connectivity index (χ2v) is 11.9. The van der Waals surface area contributed by atoms with E-state index < -0.39 is 0 Å². The van der Waals surface area contributed by atoms with Gasteiger partial charge in [-0.25, -0.2) is 4.68 Å². The Bertz CT molecular complexity index is 1450. The van der Waals surface area contributed by atoms with E-state index in [4.69, 9.17) is 16.7 Å². The van der Waals surface area contributed by atoms with Crippen molar-refractivity contribution in [1.82, 2.24) is 15.1 Å². The van der Waals surface area contributed by atoms with Crippen LogP contribution in [0.15, 0.2) is 66.0 Å². The van der Waals surface area contributed by atoms with E-state index in [1.165, 1.54) is 11.8 Å². The van der Waals surface area contributed by atoms with Crippen LogP contribution in [0, 0.1) is 6.92 Å². The highest BCUT2D eigenvalue weighted by molar-refractivity contribution is 8.00. The number of aromatic nitrogens is 2. The van der Waals surface area contributed by atoms with Gasteiger partial charge in [0.15, 0.2) is 0 Å². The van der Waals surface area contributed by atoms with E-state index in [0.717, 1.165) is 39.4 Å². The molecule has 3 heterocycles. The maximum atomic E-state index is 13.7. The van der Waals surface area contributed by atoms with Gasteiger partial charge in [-0.3, -0.25) is 14.5 Å². The Morgan fingerprint density at radius 2 is 1.97 bits per heavy atom. The number of thiophene rings is 1. The summed E-state index contributed by atoms with van der Waals surface area (Å²) in [6, 6.07) is 19.8. The molecule has 2 unspecified atom stereocenters. The van der Waals surface area contributed by atoms with Gasteiger partial charge in [0.25, 0.3) is 0 Å². The minimum absolute atomic E-state index is 0.0151. The third-order valence-corrected chi connectivity index (χ3v) is 8.96. The molecular formula is C29H29ClN4O2S2. The number of halogens is 1. The average molecular weight is 565 g/mol. The Morgan fingerprint density at radius 3 is 2.66 bits per heavy atom. The maximum Gasteiger partial charge on any atom is 0.240 e. The lowest BCUT2D eigenvalue weighted by Gasteiger charge is -2.24. The summed E-state index contributed by atoms with van der Waals surface area (Å²) in [5.41, 5.74) is 4.64. The van der Waals surface area contributed by atoms with Gasteiger partial charge in [0.1, 0.15) is 18.1 Å². The Kier molecular flexibility index (Phi) is 7.93. The van der Waals surface area contributed by atoms with Crippen LogP contribution in [-0.4, -0.2) is 39.9 Å². The number of fused-ring (bicyclic) bond motifs is 1. The van der Waals surface area contributed by atoms with Gasteiger partial charge in [-0.2, -0.15) is 5.10 Å². The lowest BCUT2D eigenvalue weighted by atomic mass is 10.0. The van der Waals surface area contributed by atoms with Crippen molar-refractivity contribution in [2.24, 2.45) is 0 Å². The van der Waals surface area contributed by atoms with Crippen molar-refractivity contribution in [3.05, 3.63) is 87.8 Å². The first-order chi connectivity index (χ1) is 18.4. The van der Waals surface area contributed by atoms with E-state index in [-0.39, 0.29) is 35.4 Å². The number of thioether (sulfide) groups is 1. The molecule has 2 aromatic carbocycles. The van der Waals surface area contributed by atoms with Gasteiger partial charge < -0.3 is 5.32 Å². The topological polar surface area (TPSA) is 67.2 Å². The Balaban J connectivity index is 1.76. The second-order valence-electron chi connectivity index (χ2n) is 9.41. The smallest absolute Gasteiger partial charge is 0.240 e. The number of amides is 2. The molecule has 6 nitrogen and oxygen atoms in total. The van der Waals surface area contributed by atoms with Crippen LogP contribution in [0.4, 0.5) is 5.82 Å². The van der Waals surface area contributed by atoms with Crippen LogP contribution in [0.2, 0.25) is 5.02 Å². The van der Waals surface area contributed by atoms with Crippen LogP contribution >= 0.6 is 34.7 Å². The van der Waals surface area contributed by atoms with Crippen molar-refractivity contribution in [3.8, 4) is 16.3 Å². The first-order valence-electron chi connectivity index (χ1n) is 12.6. The van der Waals surface area contributed by atoms with Crippen LogP contribution in [0.5, 0.6) is 0 Å². The quantitative estimate of drug-likeness (QED) is 0.273. The number of benzene rings is 2. The zero-order valence-electron chi connectivity index (χ0n) is 21.5. The SMILES string of the molecule is CCC(C)NC(=O)CN1C(=O)CSC(c2cccc(Cl)c2)c2c(-c3cccs3)nn(-c3ccc(C)cc3)c21. The minimum atomic E-state index is -0.202. The molecule has 0 radical (unpaired) electrons. The molecule has 0 aliphatic carbocycles. The number of rotatable bonds is 7. The Labute approximate surface area is 236 Å². The molecule has 196 valence electrons. The molecule has 0 bridgehead atoms. The van der Waals surface area contributed by atoms with Crippen molar-refractivity contribution in [2.45, 2.75) is 38.5 Å². The summed E-state index contributed by atoms with van der Waals surface area (Å²) >= 11 is 9.56. The van der Waals surface area contributed by atoms with Crippen molar-refractivity contribution in [2.75, 3.05) is 17.2 Å². The van der Waals surface area contributed by atoms with Gasteiger partial charge in [-0.15, -0.1) is 23.1 Å². The largest absolute Gasteiger partial charge is 0.352 e. The molecule has 2 aromatic heterocycles. The normalized spacial score (nSPS) is 16.2. The molecule has 38 heavy (non-hydrogen) atoms. The number of carbonyl (C=O) groups excluding carboxylic acids is 2. The van der Waals surface area contributed by atoms with E-state index in [9.17, 15) is 9.59 Å². The number of carbonyl (C=O) groups is 2. The van der Waals surface area contributed by atoms with Gasteiger partial charge in [-0.05, 0) is 61.5 Å². The molecule has 1 N–H and O–H groups in total. The third-order valence-electron chi connectivity index (χ3n) is 6.60. The van der Waals surface area contributed by atoms with Crippen molar-refractivity contribution in [1.29, 1.82) is 0 Å². The standard InChI is InChI=1S/C29H29ClN4O2S2/c1-4-19(3)31-24(35)16-33-25(36)17-38-28(20-7-5-8-21(30)15-20)26-27(23-9-6-14-37-23)32-34(29(26)33)22-12-10-18(2)11-13-22/h5-15,19,28H,4,16-17H2,1-3H3,(H,31,35). The van der Waals surface area contributed by atoms with Crippen LogP contribution in [0.1, 0.15) is 42.2 Å². The minimum Gasteiger partial charge on any atom is -0.352 e. The van der Waals surface area contributed by atoms with Gasteiger partial charge in [0.05, 0.1) is 21.6 Å². The molecular weight excluding hydrogens is 536 g/mol. The maximum absolute atomic E-state index is 13.7. The highest BCUT2D eigenvalue weighted by Crippen LogP contribution is 2.49. The van der Waals surface area contributed by atoms with Gasteiger partial charge in [0.2, 0.25) is 11.8 Å². The fourth-order valence-corrected chi connectivity index (χ4v) is 6.59. The number of aryl methyl sites for hydroxylation is 1. The first kappa shape index (κ1) is 26.5.